The van der Waals surface area contributed by atoms with Gasteiger partial charge in [-0.1, -0.05) is 30.3 Å². The van der Waals surface area contributed by atoms with Crippen molar-refractivity contribution >= 4 is 16.9 Å². The van der Waals surface area contributed by atoms with E-state index < -0.39 is 5.92 Å². The number of carbonyl (C=O) groups is 1. The van der Waals surface area contributed by atoms with Gasteiger partial charge in [0.15, 0.2) is 11.5 Å². The van der Waals surface area contributed by atoms with E-state index in [2.05, 4.69) is 12.1 Å². The summed E-state index contributed by atoms with van der Waals surface area (Å²) in [6.07, 6.45) is 3.10. The fourth-order valence-electron chi connectivity index (χ4n) is 5.88. The van der Waals surface area contributed by atoms with E-state index in [1.807, 2.05) is 24.3 Å². The van der Waals surface area contributed by atoms with E-state index in [9.17, 15) is 14.7 Å². The molecule has 4 aromatic carbocycles. The van der Waals surface area contributed by atoms with Crippen molar-refractivity contribution < 1.29 is 33.3 Å². The first-order chi connectivity index (χ1) is 21.0. The van der Waals surface area contributed by atoms with Gasteiger partial charge in [-0.05, 0) is 64.7 Å². The van der Waals surface area contributed by atoms with Crippen molar-refractivity contribution in [1.82, 2.24) is 0 Å². The van der Waals surface area contributed by atoms with Crippen molar-refractivity contribution in [1.29, 1.82) is 0 Å². The lowest BCUT2D eigenvalue weighted by molar-refractivity contribution is -0.135. The Kier molecular flexibility index (Phi) is 6.74. The van der Waals surface area contributed by atoms with Gasteiger partial charge in [-0.15, -0.1) is 0 Å². The van der Waals surface area contributed by atoms with Crippen LogP contribution in [-0.4, -0.2) is 31.4 Å². The normalized spacial score (nSPS) is 15.4. The number of hydrogen-bond acceptors (Lipinski definition) is 8. The quantitative estimate of drug-likeness (QED) is 0.181. The Morgan fingerprint density at radius 1 is 0.930 bits per heavy atom. The molecule has 0 amide bonds. The molecule has 0 bridgehead atoms. The molecule has 8 heteroatoms. The van der Waals surface area contributed by atoms with Gasteiger partial charge in [-0.2, -0.15) is 0 Å². The topological polar surface area (TPSA) is 104 Å². The molecular formula is C35H28O8. The minimum Gasteiger partial charge on any atom is -0.508 e. The summed E-state index contributed by atoms with van der Waals surface area (Å²) in [5.74, 6) is 1.73. The summed E-state index contributed by atoms with van der Waals surface area (Å²) in [5, 5.41) is 10.0. The molecule has 5 aromatic rings. The number of aromatic hydroxyl groups is 1. The third-order valence-corrected chi connectivity index (χ3v) is 8.05. The monoisotopic (exact) mass is 576 g/mol. The van der Waals surface area contributed by atoms with Crippen LogP contribution in [0.15, 0.2) is 88.3 Å². The lowest BCUT2D eigenvalue weighted by Crippen LogP contribution is -2.22. The van der Waals surface area contributed by atoms with Crippen LogP contribution in [0.5, 0.6) is 28.7 Å². The number of hydrogen-bond donors (Lipinski definition) is 1. The van der Waals surface area contributed by atoms with Crippen LogP contribution in [0.25, 0.3) is 22.1 Å². The number of benzene rings is 4. The smallest absolute Gasteiger partial charge is 0.312 e. The van der Waals surface area contributed by atoms with E-state index in [0.29, 0.717) is 57.9 Å². The lowest BCUT2D eigenvalue weighted by atomic mass is 9.85. The molecule has 1 N–H and O–H groups in total. The molecule has 0 saturated carbocycles. The van der Waals surface area contributed by atoms with Crippen LogP contribution in [0, 0.1) is 0 Å². The van der Waals surface area contributed by atoms with E-state index in [0.717, 1.165) is 29.9 Å². The second kappa shape index (κ2) is 10.9. The highest BCUT2D eigenvalue weighted by molar-refractivity contribution is 5.90. The Bertz CT molecular complexity index is 1920. The average Bonchev–Trinajstić information content (AvgIpc) is 3.49. The van der Waals surface area contributed by atoms with Crippen molar-refractivity contribution in [2.75, 3.05) is 20.3 Å². The van der Waals surface area contributed by atoms with E-state index in [4.69, 9.17) is 23.4 Å². The van der Waals surface area contributed by atoms with Gasteiger partial charge in [0.05, 0.1) is 37.7 Å². The molecule has 0 spiro atoms. The van der Waals surface area contributed by atoms with Crippen LogP contribution in [0.1, 0.15) is 34.6 Å². The molecule has 43 heavy (non-hydrogen) atoms. The molecule has 1 unspecified atom stereocenters. The Hall–Kier alpha value is -5.24. The van der Waals surface area contributed by atoms with E-state index in [1.54, 1.807) is 31.4 Å². The summed E-state index contributed by atoms with van der Waals surface area (Å²) in [6, 6.07) is 21.4. The second-order valence-electron chi connectivity index (χ2n) is 10.7. The summed E-state index contributed by atoms with van der Waals surface area (Å²) in [7, 11) is 1.59. The maximum atomic E-state index is 13.6. The minimum absolute atomic E-state index is 0.0680. The van der Waals surface area contributed by atoms with Gasteiger partial charge in [0.25, 0.3) is 0 Å². The van der Waals surface area contributed by atoms with E-state index in [-0.39, 0.29) is 23.6 Å². The molecule has 2 aliphatic heterocycles. The highest BCUT2D eigenvalue weighted by Crippen LogP contribution is 2.44. The van der Waals surface area contributed by atoms with Crippen molar-refractivity contribution in [3.05, 3.63) is 112 Å². The Morgan fingerprint density at radius 2 is 1.77 bits per heavy atom. The third kappa shape index (κ3) is 4.95. The Labute approximate surface area is 247 Å². The molecule has 3 heterocycles. The maximum Gasteiger partial charge on any atom is 0.312 e. The zero-order valence-corrected chi connectivity index (χ0v) is 23.4. The molecule has 1 aromatic heterocycles. The minimum atomic E-state index is -0.437. The van der Waals surface area contributed by atoms with Crippen molar-refractivity contribution in [2.45, 2.75) is 25.2 Å². The van der Waals surface area contributed by atoms with Gasteiger partial charge in [-0.3, -0.25) is 9.59 Å². The molecule has 0 saturated heterocycles. The highest BCUT2D eigenvalue weighted by Gasteiger charge is 2.33. The van der Waals surface area contributed by atoms with Gasteiger partial charge in [0.1, 0.15) is 29.1 Å². The molecular weight excluding hydrogens is 548 g/mol. The molecule has 1 atom stereocenters. The standard InChI is InChI=1S/C35H28O8/c1-39-29-10-5-22(17-31(29)41-14-12-20-2-9-28-23(16-20)13-15-40-28)26-18-32(37)43-30-11-8-25-34(38)27(19-42-35(25)33(26)30)21-3-6-24(36)7-4-21/h2-11,16-17,19,26,36H,12-15,18H2,1H3. The molecule has 0 aliphatic carbocycles. The molecule has 7 rings (SSSR count). The number of rotatable bonds is 7. The summed E-state index contributed by atoms with van der Waals surface area (Å²) in [6.45, 7) is 1.15. The van der Waals surface area contributed by atoms with Crippen molar-refractivity contribution in [3.8, 4) is 39.9 Å². The number of fused-ring (bicyclic) bond motifs is 4. The number of phenols is 1. The molecule has 216 valence electrons. The lowest BCUT2D eigenvalue weighted by Gasteiger charge is -2.26. The first kappa shape index (κ1) is 26.6. The fourth-order valence-corrected chi connectivity index (χ4v) is 5.88. The summed E-state index contributed by atoms with van der Waals surface area (Å²) < 4.78 is 29.1. The maximum absolute atomic E-state index is 13.6. The second-order valence-corrected chi connectivity index (χ2v) is 10.7. The molecule has 8 nitrogen and oxygen atoms in total. The van der Waals surface area contributed by atoms with Crippen LogP contribution in [-0.2, 0) is 17.6 Å². The number of ether oxygens (including phenoxy) is 4. The van der Waals surface area contributed by atoms with E-state index in [1.165, 1.54) is 24.0 Å². The van der Waals surface area contributed by atoms with Crippen molar-refractivity contribution in [2.24, 2.45) is 0 Å². The van der Waals surface area contributed by atoms with Gasteiger partial charge < -0.3 is 28.5 Å². The SMILES string of the molecule is COc1ccc(C2CC(=O)Oc3ccc4c(=O)c(-c5ccc(O)cc5)coc4c32)cc1OCCc1ccc2c(c1)CCO2. The number of esters is 1. The number of phenolic OH excluding ortho intramolecular Hbond substituents is 1. The van der Waals surface area contributed by atoms with Crippen LogP contribution in [0.4, 0.5) is 0 Å². The van der Waals surface area contributed by atoms with Crippen LogP contribution in [0.3, 0.4) is 0 Å². The average molecular weight is 577 g/mol. The first-order valence-corrected chi connectivity index (χ1v) is 14.1. The number of carbonyl (C=O) groups excluding carboxylic acids is 1. The zero-order valence-electron chi connectivity index (χ0n) is 23.4. The van der Waals surface area contributed by atoms with Gasteiger partial charge in [0.2, 0.25) is 5.43 Å². The zero-order chi connectivity index (χ0) is 29.5. The molecule has 0 radical (unpaired) electrons. The van der Waals surface area contributed by atoms with Crippen LogP contribution < -0.4 is 24.4 Å². The van der Waals surface area contributed by atoms with E-state index >= 15 is 0 Å². The predicted molar refractivity (Wildman–Crippen MR) is 160 cm³/mol. The van der Waals surface area contributed by atoms with Crippen molar-refractivity contribution in [3.63, 3.8) is 0 Å². The summed E-state index contributed by atoms with van der Waals surface area (Å²) >= 11 is 0. The Morgan fingerprint density at radius 3 is 2.60 bits per heavy atom. The van der Waals surface area contributed by atoms with Crippen LogP contribution >= 0.6 is 0 Å². The Balaban J connectivity index is 1.22. The predicted octanol–water partition coefficient (Wildman–Crippen LogP) is 6.17. The molecule has 2 aliphatic rings. The number of methoxy groups -OCH3 is 1. The fraction of sp³-hybridized carbons (Fsp3) is 0.200. The summed E-state index contributed by atoms with van der Waals surface area (Å²) in [4.78, 5) is 26.3. The first-order valence-electron chi connectivity index (χ1n) is 14.1. The van der Waals surface area contributed by atoms with Gasteiger partial charge in [0, 0.05) is 24.3 Å². The van der Waals surface area contributed by atoms with Gasteiger partial charge >= 0.3 is 5.97 Å². The largest absolute Gasteiger partial charge is 0.508 e. The third-order valence-electron chi connectivity index (χ3n) is 8.05. The molecule has 0 fully saturated rings. The summed E-state index contributed by atoms with van der Waals surface area (Å²) in [5.41, 5.74) is 4.95. The van der Waals surface area contributed by atoms with Crippen LogP contribution in [0.2, 0.25) is 0 Å². The highest BCUT2D eigenvalue weighted by atomic mass is 16.5. The van der Waals surface area contributed by atoms with Gasteiger partial charge in [-0.25, -0.2) is 0 Å².